The van der Waals surface area contributed by atoms with Crippen molar-refractivity contribution in [3.05, 3.63) is 16.6 Å². The minimum Gasteiger partial charge on any atom is -0.480 e. The maximum atomic E-state index is 12.4. The summed E-state index contributed by atoms with van der Waals surface area (Å²) in [5.74, 6) is -0.387. The van der Waals surface area contributed by atoms with Crippen LogP contribution in [0.25, 0.3) is 0 Å². The number of hydrogen-bond acceptors (Lipinski definition) is 5. The maximum absolute atomic E-state index is 12.4. The maximum Gasteiger partial charge on any atom is 0.410 e. The molecule has 1 saturated heterocycles. The highest BCUT2D eigenvalue weighted by Crippen LogP contribution is 2.37. The molecule has 0 saturated carbocycles. The van der Waals surface area contributed by atoms with Gasteiger partial charge in [0.25, 0.3) is 0 Å². The number of aromatic nitrogens is 2. The molecule has 146 valence electrons. The van der Waals surface area contributed by atoms with Gasteiger partial charge in [0.05, 0.1) is 0 Å². The van der Waals surface area contributed by atoms with E-state index < -0.39 is 23.8 Å². The lowest BCUT2D eigenvalue weighted by molar-refractivity contribution is -0.152. The van der Waals surface area contributed by atoms with Gasteiger partial charge in [-0.1, -0.05) is 0 Å². The van der Waals surface area contributed by atoms with Crippen molar-refractivity contribution >= 4 is 28.0 Å². The molecule has 1 fully saturated rings. The van der Waals surface area contributed by atoms with Crippen LogP contribution in [0.2, 0.25) is 0 Å². The third-order valence-corrected chi connectivity index (χ3v) is 4.55. The van der Waals surface area contributed by atoms with E-state index in [-0.39, 0.29) is 6.09 Å². The molecule has 8 nitrogen and oxygen atoms in total. The molecule has 1 amide bonds. The predicted molar refractivity (Wildman–Crippen MR) is 97.8 cm³/mol. The molecule has 0 radical (unpaired) electrons. The zero-order valence-electron chi connectivity index (χ0n) is 15.6. The molecule has 2 heterocycles. The quantitative estimate of drug-likeness (QED) is 0.787. The van der Waals surface area contributed by atoms with Gasteiger partial charge in [0.15, 0.2) is 0 Å². The van der Waals surface area contributed by atoms with E-state index in [0.29, 0.717) is 42.8 Å². The van der Waals surface area contributed by atoms with Gasteiger partial charge in [-0.25, -0.2) is 14.6 Å². The first kappa shape index (κ1) is 20.7. The van der Waals surface area contributed by atoms with Crippen LogP contribution in [-0.2, 0) is 26.9 Å². The Balaban J connectivity index is 2.23. The first-order valence-electron chi connectivity index (χ1n) is 8.55. The van der Waals surface area contributed by atoms with Gasteiger partial charge in [-0.15, -0.1) is 0 Å². The van der Waals surface area contributed by atoms with Crippen molar-refractivity contribution in [1.29, 1.82) is 0 Å². The Morgan fingerprint density at radius 1 is 1.35 bits per heavy atom. The minimum atomic E-state index is -1.04. The SMILES string of the molecule is Cn1cc(Br)nc1C1(OCC(=O)O)CCCN(C(=O)OC(C)(C)C)CC1. The molecule has 1 unspecified atom stereocenters. The number of hydrogen-bond donors (Lipinski definition) is 1. The predicted octanol–water partition coefficient (Wildman–Crippen LogP) is 2.90. The third-order valence-electron chi connectivity index (χ3n) is 4.17. The van der Waals surface area contributed by atoms with Gasteiger partial charge in [-0.3, -0.25) is 0 Å². The fraction of sp³-hybridized carbons (Fsp3) is 0.706. The molecule has 1 aliphatic heterocycles. The summed E-state index contributed by atoms with van der Waals surface area (Å²) in [5.41, 5.74) is -1.43. The number of carboxylic acids is 1. The largest absolute Gasteiger partial charge is 0.480 e. The number of ether oxygens (including phenoxy) is 2. The molecular weight excluding hydrogens is 406 g/mol. The Morgan fingerprint density at radius 3 is 2.58 bits per heavy atom. The molecule has 2 rings (SSSR count). The first-order valence-corrected chi connectivity index (χ1v) is 9.35. The second kappa shape index (κ2) is 7.96. The van der Waals surface area contributed by atoms with Crippen LogP contribution in [0.4, 0.5) is 4.79 Å². The van der Waals surface area contributed by atoms with Crippen LogP contribution >= 0.6 is 15.9 Å². The summed E-state index contributed by atoms with van der Waals surface area (Å²) in [7, 11) is 1.84. The molecule has 1 aromatic heterocycles. The molecule has 0 aromatic carbocycles. The van der Waals surface area contributed by atoms with Gasteiger partial charge in [-0.05, 0) is 49.5 Å². The summed E-state index contributed by atoms with van der Waals surface area (Å²) in [6.45, 7) is 5.99. The van der Waals surface area contributed by atoms with Gasteiger partial charge in [-0.2, -0.15) is 0 Å². The highest BCUT2D eigenvalue weighted by atomic mass is 79.9. The Bertz CT molecular complexity index is 670. The summed E-state index contributed by atoms with van der Waals surface area (Å²) in [4.78, 5) is 29.6. The number of rotatable bonds is 4. The number of aliphatic carboxylic acids is 1. The van der Waals surface area contributed by atoms with Crippen LogP contribution in [0.5, 0.6) is 0 Å². The van der Waals surface area contributed by atoms with E-state index in [1.54, 1.807) is 11.1 Å². The third kappa shape index (κ3) is 5.20. The lowest BCUT2D eigenvalue weighted by Gasteiger charge is -2.32. The lowest BCUT2D eigenvalue weighted by Crippen LogP contribution is -2.39. The number of imidazole rings is 1. The molecule has 9 heteroatoms. The smallest absolute Gasteiger partial charge is 0.410 e. The van der Waals surface area contributed by atoms with E-state index in [9.17, 15) is 9.59 Å². The summed E-state index contributed by atoms with van der Waals surface area (Å²) in [6.07, 6.45) is 3.10. The molecule has 1 N–H and O–H groups in total. The number of carbonyl (C=O) groups excluding carboxylic acids is 1. The van der Waals surface area contributed by atoms with Crippen molar-refractivity contribution in [3.63, 3.8) is 0 Å². The fourth-order valence-electron chi connectivity index (χ4n) is 3.10. The molecule has 0 spiro atoms. The fourth-order valence-corrected chi connectivity index (χ4v) is 3.58. The van der Waals surface area contributed by atoms with Crippen LogP contribution in [-0.4, -0.2) is 56.9 Å². The zero-order chi connectivity index (χ0) is 19.5. The number of amides is 1. The lowest BCUT2D eigenvalue weighted by atomic mass is 9.93. The van der Waals surface area contributed by atoms with Crippen molar-refractivity contribution in [2.75, 3.05) is 19.7 Å². The summed E-state index contributed by atoms with van der Waals surface area (Å²) in [5, 5.41) is 9.07. The van der Waals surface area contributed by atoms with E-state index in [1.165, 1.54) is 0 Å². The van der Waals surface area contributed by atoms with E-state index in [0.717, 1.165) is 0 Å². The van der Waals surface area contributed by atoms with Gasteiger partial charge in [0.2, 0.25) is 0 Å². The van der Waals surface area contributed by atoms with Crippen LogP contribution in [0.1, 0.15) is 45.9 Å². The second-order valence-corrected chi connectivity index (χ2v) is 8.31. The molecule has 1 aliphatic rings. The van der Waals surface area contributed by atoms with E-state index >= 15 is 0 Å². The molecule has 0 aliphatic carbocycles. The van der Waals surface area contributed by atoms with Crippen LogP contribution in [0.15, 0.2) is 10.8 Å². The first-order chi connectivity index (χ1) is 12.0. The summed E-state index contributed by atoms with van der Waals surface area (Å²) in [6, 6.07) is 0. The van der Waals surface area contributed by atoms with Crippen molar-refractivity contribution in [2.24, 2.45) is 7.05 Å². The Hall–Kier alpha value is -1.61. The second-order valence-electron chi connectivity index (χ2n) is 7.50. The monoisotopic (exact) mass is 431 g/mol. The average Bonchev–Trinajstić information content (AvgIpc) is 2.72. The molecular formula is C17H26BrN3O5. The van der Waals surface area contributed by atoms with Crippen molar-refractivity contribution < 1.29 is 24.2 Å². The number of carbonyl (C=O) groups is 2. The van der Waals surface area contributed by atoms with Crippen molar-refractivity contribution in [2.45, 2.75) is 51.2 Å². The number of halogens is 1. The molecule has 0 bridgehead atoms. The molecule has 26 heavy (non-hydrogen) atoms. The topological polar surface area (TPSA) is 93.9 Å². The van der Waals surface area contributed by atoms with Gasteiger partial charge in [0, 0.05) is 32.8 Å². The molecule has 1 aromatic rings. The van der Waals surface area contributed by atoms with E-state index in [1.807, 2.05) is 32.4 Å². The van der Waals surface area contributed by atoms with Crippen LogP contribution in [0.3, 0.4) is 0 Å². The number of aryl methyl sites for hydroxylation is 1. The van der Waals surface area contributed by atoms with Crippen molar-refractivity contribution in [1.82, 2.24) is 14.5 Å². The minimum absolute atomic E-state index is 0.368. The summed E-state index contributed by atoms with van der Waals surface area (Å²) >= 11 is 3.35. The average molecular weight is 432 g/mol. The number of likely N-dealkylation sites (tertiary alicyclic amines) is 1. The Labute approximate surface area is 161 Å². The van der Waals surface area contributed by atoms with E-state index in [4.69, 9.17) is 14.6 Å². The standard InChI is InChI=1S/C17H26BrN3O5/c1-16(2,3)26-15(24)21-8-5-6-17(7-9-21,25-11-13(22)23)14-19-12(18)10-20(14)4/h10H,5-9,11H2,1-4H3,(H,22,23). The van der Waals surface area contributed by atoms with Crippen LogP contribution < -0.4 is 0 Å². The zero-order valence-corrected chi connectivity index (χ0v) is 17.2. The summed E-state index contributed by atoms with van der Waals surface area (Å²) < 4.78 is 13.8. The van der Waals surface area contributed by atoms with Crippen molar-refractivity contribution in [3.8, 4) is 0 Å². The van der Waals surface area contributed by atoms with Crippen LogP contribution in [0, 0.1) is 0 Å². The number of carboxylic acid groups (broad SMARTS) is 1. The highest BCUT2D eigenvalue weighted by Gasteiger charge is 2.41. The Morgan fingerprint density at radius 2 is 2.04 bits per heavy atom. The molecule has 1 atom stereocenters. The van der Waals surface area contributed by atoms with Gasteiger partial charge < -0.3 is 24.0 Å². The van der Waals surface area contributed by atoms with Gasteiger partial charge >= 0.3 is 12.1 Å². The Kier molecular flexibility index (Phi) is 6.33. The van der Waals surface area contributed by atoms with Gasteiger partial charge in [0.1, 0.15) is 28.2 Å². The normalized spacial score (nSPS) is 21.3. The van der Waals surface area contributed by atoms with E-state index in [2.05, 4.69) is 20.9 Å². The highest BCUT2D eigenvalue weighted by molar-refractivity contribution is 9.10. The number of nitrogens with zero attached hydrogens (tertiary/aromatic N) is 3.